The van der Waals surface area contributed by atoms with Crippen LogP contribution < -0.4 is 0 Å². The van der Waals surface area contributed by atoms with Crippen LogP contribution in [0.4, 0.5) is 0 Å². The van der Waals surface area contributed by atoms with Crippen LogP contribution in [0.1, 0.15) is 40.5 Å². The molecule has 0 aromatic carbocycles. The molecule has 0 bridgehead atoms. The molecule has 0 aliphatic heterocycles. The topological polar surface area (TPSA) is 20.2 Å². The van der Waals surface area contributed by atoms with Gasteiger partial charge in [-0.3, -0.25) is 0 Å². The van der Waals surface area contributed by atoms with E-state index in [1.54, 1.807) is 0 Å². The lowest BCUT2D eigenvalue weighted by atomic mass is 10.2. The van der Waals surface area contributed by atoms with Gasteiger partial charge in [-0.2, -0.15) is 0 Å². The third kappa shape index (κ3) is 9.65. The molecule has 0 aliphatic rings. The zero-order valence-corrected chi connectivity index (χ0v) is 10.9. The molecule has 0 unspecified atom stereocenters. The van der Waals surface area contributed by atoms with E-state index < -0.39 is 8.32 Å². The van der Waals surface area contributed by atoms with Gasteiger partial charge in [0.25, 0.3) is 0 Å². The highest BCUT2D eigenvalue weighted by Gasteiger charge is 2.32. The number of hydrogen-bond donors (Lipinski definition) is 1. The summed E-state index contributed by atoms with van der Waals surface area (Å²) in [6, 6.07) is 0. The Balaban J connectivity index is 0. The molecule has 0 saturated heterocycles. The Labute approximate surface area is 84.7 Å². The smallest absolute Gasteiger partial charge is 0.187 e. The molecule has 0 spiro atoms. The van der Waals surface area contributed by atoms with E-state index in [0.29, 0.717) is 0 Å². The Morgan fingerprint density at radius 2 is 1.62 bits per heavy atom. The van der Waals surface area contributed by atoms with E-state index in [0.717, 1.165) is 12.8 Å². The molecule has 2 heteroatoms. The van der Waals surface area contributed by atoms with Gasteiger partial charge in [-0.1, -0.05) is 27.7 Å². The molecule has 1 nitrogen and oxygen atoms in total. The summed E-state index contributed by atoms with van der Waals surface area (Å²) in [4.78, 5) is 9.49. The SMILES string of the molecule is C#CCCC.CC(C)(C)[Si](C)(C)O. The van der Waals surface area contributed by atoms with Gasteiger partial charge in [0.05, 0.1) is 0 Å². The maximum absolute atomic E-state index is 9.49. The van der Waals surface area contributed by atoms with Crippen molar-refractivity contribution in [2.45, 2.75) is 58.7 Å². The molecule has 0 rings (SSSR count). The van der Waals surface area contributed by atoms with Crippen LogP contribution in [0.15, 0.2) is 0 Å². The minimum Gasteiger partial charge on any atom is -0.432 e. The summed E-state index contributed by atoms with van der Waals surface area (Å²) in [5.74, 6) is 2.52. The van der Waals surface area contributed by atoms with Crippen molar-refractivity contribution in [3.05, 3.63) is 0 Å². The second kappa shape index (κ2) is 6.23. The largest absolute Gasteiger partial charge is 0.432 e. The van der Waals surface area contributed by atoms with Gasteiger partial charge in [-0.05, 0) is 24.6 Å². The van der Waals surface area contributed by atoms with E-state index in [2.05, 4.69) is 33.6 Å². The van der Waals surface area contributed by atoms with Crippen LogP contribution >= 0.6 is 0 Å². The summed E-state index contributed by atoms with van der Waals surface area (Å²) in [6.45, 7) is 12.2. The molecule has 78 valence electrons. The molecule has 0 aromatic rings. The van der Waals surface area contributed by atoms with Gasteiger partial charge in [0, 0.05) is 6.42 Å². The zero-order valence-electron chi connectivity index (χ0n) is 9.94. The molecular formula is C11H24OSi. The van der Waals surface area contributed by atoms with Gasteiger partial charge in [-0.15, -0.1) is 12.3 Å². The average Bonchev–Trinajstić information content (AvgIpc) is 1.85. The third-order valence-corrected chi connectivity index (χ3v) is 5.90. The second-order valence-corrected chi connectivity index (χ2v) is 9.38. The minimum atomic E-state index is -1.86. The fraction of sp³-hybridized carbons (Fsp3) is 0.818. The first kappa shape index (κ1) is 15.2. The Kier molecular flexibility index (Phi) is 7.29. The van der Waals surface area contributed by atoms with Crippen molar-refractivity contribution in [3.8, 4) is 12.3 Å². The first-order chi connectivity index (χ1) is 5.66. The van der Waals surface area contributed by atoms with Crippen LogP contribution in [-0.4, -0.2) is 13.1 Å². The van der Waals surface area contributed by atoms with Crippen LogP contribution in [-0.2, 0) is 0 Å². The van der Waals surface area contributed by atoms with Gasteiger partial charge in [0.15, 0.2) is 8.32 Å². The summed E-state index contributed by atoms with van der Waals surface area (Å²) in [6.07, 6.45) is 6.91. The van der Waals surface area contributed by atoms with E-state index in [1.807, 2.05) is 13.1 Å². The highest BCUT2D eigenvalue weighted by Crippen LogP contribution is 2.33. The average molecular weight is 200 g/mol. The summed E-state index contributed by atoms with van der Waals surface area (Å²) in [5.41, 5.74) is 0. The van der Waals surface area contributed by atoms with Crippen molar-refractivity contribution in [1.82, 2.24) is 0 Å². The Morgan fingerprint density at radius 3 is 1.62 bits per heavy atom. The number of rotatable bonds is 1. The molecule has 0 saturated carbocycles. The highest BCUT2D eigenvalue weighted by atomic mass is 28.4. The molecule has 0 aromatic heterocycles. The van der Waals surface area contributed by atoms with Crippen molar-refractivity contribution < 1.29 is 4.80 Å². The molecule has 0 fully saturated rings. The fourth-order valence-electron chi connectivity index (χ4n) is 0.144. The second-order valence-electron chi connectivity index (χ2n) is 4.76. The van der Waals surface area contributed by atoms with E-state index in [4.69, 9.17) is 6.42 Å². The Hall–Kier alpha value is -0.263. The maximum atomic E-state index is 9.49. The standard InChI is InChI=1S/C6H16OSi.C5H8/c1-6(2,3)8(4,5)7;1-3-5-4-2/h7H,1-5H3;1H,4-5H2,2H3. The van der Waals surface area contributed by atoms with Gasteiger partial charge < -0.3 is 4.80 Å². The van der Waals surface area contributed by atoms with Gasteiger partial charge in [0.1, 0.15) is 0 Å². The summed E-state index contributed by atoms with van der Waals surface area (Å²) in [7, 11) is -1.86. The van der Waals surface area contributed by atoms with Crippen LogP contribution in [0.2, 0.25) is 18.1 Å². The van der Waals surface area contributed by atoms with E-state index in [1.165, 1.54) is 0 Å². The van der Waals surface area contributed by atoms with Gasteiger partial charge in [0.2, 0.25) is 0 Å². The normalized spacial score (nSPS) is 11.2. The zero-order chi connectivity index (χ0) is 11.1. The first-order valence-electron chi connectivity index (χ1n) is 4.82. The predicted octanol–water partition coefficient (Wildman–Crippen LogP) is 3.40. The highest BCUT2D eigenvalue weighted by molar-refractivity contribution is 6.72. The molecule has 0 aliphatic carbocycles. The number of unbranched alkanes of at least 4 members (excludes halogenated alkanes) is 1. The van der Waals surface area contributed by atoms with Gasteiger partial charge >= 0.3 is 0 Å². The number of hydrogen-bond acceptors (Lipinski definition) is 1. The molecule has 0 atom stereocenters. The van der Waals surface area contributed by atoms with Crippen molar-refractivity contribution in [2.24, 2.45) is 0 Å². The minimum absolute atomic E-state index is 0.132. The quantitative estimate of drug-likeness (QED) is 0.508. The van der Waals surface area contributed by atoms with Gasteiger partial charge in [-0.25, -0.2) is 0 Å². The van der Waals surface area contributed by atoms with Crippen molar-refractivity contribution in [1.29, 1.82) is 0 Å². The molecule has 13 heavy (non-hydrogen) atoms. The van der Waals surface area contributed by atoms with Crippen LogP contribution in [0.3, 0.4) is 0 Å². The molecule has 1 N–H and O–H groups in total. The summed E-state index contributed by atoms with van der Waals surface area (Å²) >= 11 is 0. The van der Waals surface area contributed by atoms with Crippen molar-refractivity contribution in [3.63, 3.8) is 0 Å². The lowest BCUT2D eigenvalue weighted by Crippen LogP contribution is -2.36. The lowest BCUT2D eigenvalue weighted by Gasteiger charge is -2.30. The molecule has 0 radical (unpaired) electrons. The van der Waals surface area contributed by atoms with Crippen molar-refractivity contribution in [2.75, 3.05) is 0 Å². The fourth-order valence-corrected chi connectivity index (χ4v) is 0.144. The van der Waals surface area contributed by atoms with Crippen LogP contribution in [0, 0.1) is 12.3 Å². The van der Waals surface area contributed by atoms with Crippen LogP contribution in [0.5, 0.6) is 0 Å². The first-order valence-corrected chi connectivity index (χ1v) is 7.77. The van der Waals surface area contributed by atoms with E-state index in [9.17, 15) is 4.80 Å². The summed E-state index contributed by atoms with van der Waals surface area (Å²) < 4.78 is 0. The maximum Gasteiger partial charge on any atom is 0.187 e. The Morgan fingerprint density at radius 1 is 1.31 bits per heavy atom. The van der Waals surface area contributed by atoms with E-state index >= 15 is 0 Å². The third-order valence-electron chi connectivity index (χ3n) is 2.23. The molecule has 0 amide bonds. The summed E-state index contributed by atoms with van der Waals surface area (Å²) in [5, 5.41) is 0.132. The predicted molar refractivity (Wildman–Crippen MR) is 63.2 cm³/mol. The lowest BCUT2D eigenvalue weighted by molar-refractivity contribution is 0.487. The Bertz CT molecular complexity index is 142. The van der Waals surface area contributed by atoms with Crippen molar-refractivity contribution >= 4 is 8.32 Å². The molecular weight excluding hydrogens is 176 g/mol. The van der Waals surface area contributed by atoms with E-state index in [-0.39, 0.29) is 5.04 Å². The van der Waals surface area contributed by atoms with Crippen LogP contribution in [0.25, 0.3) is 0 Å². The molecule has 0 heterocycles. The number of terminal acetylenes is 1. The monoisotopic (exact) mass is 200 g/mol.